The summed E-state index contributed by atoms with van der Waals surface area (Å²) in [7, 11) is 3.59. The fourth-order valence-electron chi connectivity index (χ4n) is 4.05. The van der Waals surface area contributed by atoms with Crippen LogP contribution in [-0.2, 0) is 6.54 Å². The van der Waals surface area contributed by atoms with Crippen LogP contribution < -0.4 is 15.4 Å². The van der Waals surface area contributed by atoms with Crippen LogP contribution in [0.4, 0.5) is 0 Å². The maximum Gasteiger partial charge on any atom is 0.191 e. The van der Waals surface area contributed by atoms with Gasteiger partial charge in [0, 0.05) is 31.4 Å². The van der Waals surface area contributed by atoms with Crippen LogP contribution in [0.25, 0.3) is 0 Å². The summed E-state index contributed by atoms with van der Waals surface area (Å²) in [6, 6.07) is 8.45. The zero-order chi connectivity index (χ0) is 19.8. The van der Waals surface area contributed by atoms with E-state index >= 15 is 0 Å². The van der Waals surface area contributed by atoms with E-state index in [2.05, 4.69) is 63.5 Å². The van der Waals surface area contributed by atoms with E-state index in [0.29, 0.717) is 4.75 Å². The first-order valence-electron chi connectivity index (χ1n) is 10.5. The second kappa shape index (κ2) is 12.2. The fraction of sp³-hybridized carbons (Fsp3) is 0.682. The number of ether oxygens (including phenoxy) is 1. The SMILES string of the molecule is CN=C(NCC1CCN(Cc2ccc(OC)cc2)CC1)NCC1(C)CCCS1.I. The molecule has 0 aromatic heterocycles. The van der Waals surface area contributed by atoms with Gasteiger partial charge >= 0.3 is 0 Å². The van der Waals surface area contributed by atoms with Crippen LogP contribution in [0.15, 0.2) is 29.3 Å². The van der Waals surface area contributed by atoms with Crippen molar-refractivity contribution in [1.29, 1.82) is 0 Å². The van der Waals surface area contributed by atoms with Crippen molar-refractivity contribution in [2.45, 2.75) is 43.9 Å². The minimum absolute atomic E-state index is 0. The molecule has 0 spiro atoms. The molecule has 2 N–H and O–H groups in total. The Bertz CT molecular complexity index is 626. The Kier molecular flexibility index (Phi) is 10.4. The van der Waals surface area contributed by atoms with E-state index in [0.717, 1.165) is 37.3 Å². The number of hydrogen-bond donors (Lipinski definition) is 2. The average Bonchev–Trinajstić information content (AvgIpc) is 3.16. The highest BCUT2D eigenvalue weighted by atomic mass is 127. The Balaban J connectivity index is 0.00000300. The molecule has 5 nitrogen and oxygen atoms in total. The summed E-state index contributed by atoms with van der Waals surface area (Å²) in [4.78, 5) is 6.97. The van der Waals surface area contributed by atoms with Crippen molar-refractivity contribution in [2.24, 2.45) is 10.9 Å². The maximum absolute atomic E-state index is 5.24. The Morgan fingerprint density at radius 2 is 1.97 bits per heavy atom. The molecular formula is C22H37IN4OS. The number of thioether (sulfide) groups is 1. The topological polar surface area (TPSA) is 48.9 Å². The second-order valence-electron chi connectivity index (χ2n) is 8.28. The zero-order valence-corrected chi connectivity index (χ0v) is 21.2. The molecule has 2 heterocycles. The van der Waals surface area contributed by atoms with E-state index < -0.39 is 0 Å². The number of halogens is 1. The molecule has 0 aliphatic carbocycles. The van der Waals surface area contributed by atoms with Gasteiger partial charge < -0.3 is 15.4 Å². The molecule has 2 aliphatic rings. The van der Waals surface area contributed by atoms with Crippen LogP contribution in [0.3, 0.4) is 0 Å². The predicted octanol–water partition coefficient (Wildman–Crippen LogP) is 3.98. The lowest BCUT2D eigenvalue weighted by Gasteiger charge is -2.32. The Morgan fingerprint density at radius 1 is 1.24 bits per heavy atom. The number of nitrogens with one attached hydrogen (secondary N) is 2. The Labute approximate surface area is 197 Å². The van der Waals surface area contributed by atoms with Crippen LogP contribution in [0, 0.1) is 5.92 Å². The first-order chi connectivity index (χ1) is 13.6. The second-order valence-corrected chi connectivity index (χ2v) is 9.96. The number of rotatable bonds is 7. The van der Waals surface area contributed by atoms with Gasteiger partial charge in [0.1, 0.15) is 5.75 Å². The maximum atomic E-state index is 5.24. The third kappa shape index (κ3) is 7.83. The number of piperidine rings is 1. The molecule has 164 valence electrons. The highest BCUT2D eigenvalue weighted by Gasteiger charge is 2.29. The van der Waals surface area contributed by atoms with E-state index in [1.54, 1.807) is 7.11 Å². The molecule has 1 unspecified atom stereocenters. The van der Waals surface area contributed by atoms with Crippen LogP contribution >= 0.6 is 35.7 Å². The number of methoxy groups -OCH3 is 1. The van der Waals surface area contributed by atoms with Gasteiger partial charge in [0.25, 0.3) is 0 Å². The van der Waals surface area contributed by atoms with Gasteiger partial charge in [0.15, 0.2) is 5.96 Å². The van der Waals surface area contributed by atoms with Gasteiger partial charge in [0.05, 0.1) is 7.11 Å². The standard InChI is InChI=1S/C22H36N4OS.HI/c1-22(11-4-14-28-22)17-25-21(23-2)24-15-18-9-12-26(13-10-18)16-19-5-7-20(27-3)8-6-19;/h5-8,18H,4,9-17H2,1-3H3,(H2,23,24,25);1H. The lowest BCUT2D eigenvalue weighted by molar-refractivity contribution is 0.178. The summed E-state index contributed by atoms with van der Waals surface area (Å²) in [6.45, 7) is 7.74. The van der Waals surface area contributed by atoms with Crippen LogP contribution in [0.1, 0.15) is 38.2 Å². The summed E-state index contributed by atoms with van der Waals surface area (Å²) in [5, 5.41) is 7.09. The van der Waals surface area contributed by atoms with E-state index in [1.807, 2.05) is 7.05 Å². The molecule has 29 heavy (non-hydrogen) atoms. The van der Waals surface area contributed by atoms with Crippen molar-refractivity contribution in [3.63, 3.8) is 0 Å². The van der Waals surface area contributed by atoms with Crippen LogP contribution in [0.2, 0.25) is 0 Å². The van der Waals surface area contributed by atoms with Gasteiger partial charge in [0.2, 0.25) is 0 Å². The molecule has 7 heteroatoms. The highest BCUT2D eigenvalue weighted by Crippen LogP contribution is 2.36. The molecule has 2 aliphatic heterocycles. The summed E-state index contributed by atoms with van der Waals surface area (Å²) < 4.78 is 5.61. The van der Waals surface area contributed by atoms with E-state index in [4.69, 9.17) is 4.74 Å². The normalized spacial score (nSPS) is 23.5. The van der Waals surface area contributed by atoms with Crippen molar-refractivity contribution < 1.29 is 4.74 Å². The smallest absolute Gasteiger partial charge is 0.191 e. The average molecular weight is 533 g/mol. The molecule has 2 saturated heterocycles. The minimum Gasteiger partial charge on any atom is -0.497 e. The third-order valence-corrected chi connectivity index (χ3v) is 7.52. The van der Waals surface area contributed by atoms with Gasteiger partial charge in [-0.2, -0.15) is 11.8 Å². The molecule has 3 rings (SSSR count). The van der Waals surface area contributed by atoms with Crippen LogP contribution in [0.5, 0.6) is 5.75 Å². The first-order valence-corrected chi connectivity index (χ1v) is 11.5. The molecule has 0 radical (unpaired) electrons. The molecule has 1 atom stereocenters. The van der Waals surface area contributed by atoms with Crippen molar-refractivity contribution in [2.75, 3.05) is 46.1 Å². The number of aliphatic imine (C=N–C) groups is 1. The molecule has 1 aromatic rings. The number of nitrogens with zero attached hydrogens (tertiary/aromatic N) is 2. The summed E-state index contributed by atoms with van der Waals surface area (Å²) >= 11 is 2.09. The number of likely N-dealkylation sites (tertiary alicyclic amines) is 1. The highest BCUT2D eigenvalue weighted by molar-refractivity contribution is 14.0. The molecule has 0 bridgehead atoms. The lowest BCUT2D eigenvalue weighted by Crippen LogP contribution is -2.46. The Morgan fingerprint density at radius 3 is 2.55 bits per heavy atom. The molecule has 2 fully saturated rings. The molecular weight excluding hydrogens is 495 g/mol. The quantitative estimate of drug-likeness (QED) is 0.316. The van der Waals surface area contributed by atoms with Crippen molar-refractivity contribution in [1.82, 2.24) is 15.5 Å². The number of hydrogen-bond acceptors (Lipinski definition) is 4. The van der Waals surface area contributed by atoms with Crippen molar-refractivity contribution >= 4 is 41.7 Å². The fourth-order valence-corrected chi connectivity index (χ4v) is 5.29. The molecule has 1 aromatic carbocycles. The van der Waals surface area contributed by atoms with E-state index in [9.17, 15) is 0 Å². The van der Waals surface area contributed by atoms with E-state index in [-0.39, 0.29) is 24.0 Å². The lowest BCUT2D eigenvalue weighted by atomic mass is 9.96. The third-order valence-electron chi connectivity index (χ3n) is 5.98. The summed E-state index contributed by atoms with van der Waals surface area (Å²) in [5.74, 6) is 3.90. The van der Waals surface area contributed by atoms with E-state index in [1.165, 1.54) is 50.1 Å². The monoisotopic (exact) mass is 532 g/mol. The summed E-state index contributed by atoms with van der Waals surface area (Å²) in [6.07, 6.45) is 5.12. The minimum atomic E-state index is 0. The van der Waals surface area contributed by atoms with Gasteiger partial charge in [-0.3, -0.25) is 9.89 Å². The number of benzene rings is 1. The summed E-state index contributed by atoms with van der Waals surface area (Å²) in [5.41, 5.74) is 1.36. The molecule has 0 amide bonds. The zero-order valence-electron chi connectivity index (χ0n) is 18.1. The first kappa shape index (κ1) is 24.6. The largest absolute Gasteiger partial charge is 0.497 e. The van der Waals surface area contributed by atoms with Crippen molar-refractivity contribution in [3.05, 3.63) is 29.8 Å². The molecule has 0 saturated carbocycles. The Hall–Kier alpha value is -0.670. The van der Waals surface area contributed by atoms with Gasteiger partial charge in [-0.25, -0.2) is 0 Å². The predicted molar refractivity (Wildman–Crippen MR) is 136 cm³/mol. The number of guanidine groups is 1. The van der Waals surface area contributed by atoms with Gasteiger partial charge in [-0.05, 0) is 75.1 Å². The van der Waals surface area contributed by atoms with Crippen LogP contribution in [-0.4, -0.2) is 61.7 Å². The van der Waals surface area contributed by atoms with Gasteiger partial charge in [-0.1, -0.05) is 12.1 Å². The van der Waals surface area contributed by atoms with Gasteiger partial charge in [-0.15, -0.1) is 24.0 Å². The van der Waals surface area contributed by atoms with Crippen molar-refractivity contribution in [3.8, 4) is 5.75 Å².